The van der Waals surface area contributed by atoms with Crippen molar-refractivity contribution in [3.63, 3.8) is 0 Å². The molecule has 1 aromatic heterocycles. The fourth-order valence-electron chi connectivity index (χ4n) is 2.21. The molecule has 7 heteroatoms. The number of nitrogens with one attached hydrogen (secondary N) is 1. The first-order valence-electron chi connectivity index (χ1n) is 8.29. The minimum atomic E-state index is -0.261. The van der Waals surface area contributed by atoms with Crippen LogP contribution in [0, 0.1) is 0 Å². The van der Waals surface area contributed by atoms with Crippen molar-refractivity contribution in [2.24, 2.45) is 0 Å². The van der Waals surface area contributed by atoms with Crippen molar-refractivity contribution >= 4 is 11.9 Å². The van der Waals surface area contributed by atoms with E-state index in [2.05, 4.69) is 15.5 Å². The number of para-hydroxylation sites is 1. The average molecular weight is 353 g/mol. The van der Waals surface area contributed by atoms with Crippen molar-refractivity contribution in [1.82, 2.24) is 10.2 Å². The number of benzene rings is 2. The normalized spacial score (nSPS) is 10.3. The van der Waals surface area contributed by atoms with Crippen molar-refractivity contribution in [3.05, 3.63) is 54.6 Å². The largest absolute Gasteiger partial charge is 0.494 e. The van der Waals surface area contributed by atoms with E-state index in [1.54, 1.807) is 0 Å². The maximum absolute atomic E-state index is 11.9. The fourth-order valence-corrected chi connectivity index (χ4v) is 2.21. The lowest BCUT2D eigenvalue weighted by atomic mass is 10.2. The van der Waals surface area contributed by atoms with Crippen LogP contribution in [0.5, 0.6) is 11.5 Å². The molecule has 2 aromatic carbocycles. The molecular weight excluding hydrogens is 334 g/mol. The van der Waals surface area contributed by atoms with Crippen molar-refractivity contribution in [3.8, 4) is 23.0 Å². The second-order valence-electron chi connectivity index (χ2n) is 5.33. The third-order valence-corrected chi connectivity index (χ3v) is 3.42. The van der Waals surface area contributed by atoms with Crippen LogP contribution in [0.15, 0.2) is 59.0 Å². The first-order valence-corrected chi connectivity index (χ1v) is 8.29. The topological polar surface area (TPSA) is 86.5 Å². The molecule has 0 fully saturated rings. The Morgan fingerprint density at radius 3 is 2.46 bits per heavy atom. The highest BCUT2D eigenvalue weighted by atomic mass is 16.5. The summed E-state index contributed by atoms with van der Waals surface area (Å²) in [6.45, 7) is 2.78. The molecule has 7 nitrogen and oxygen atoms in total. The van der Waals surface area contributed by atoms with Gasteiger partial charge in [-0.2, -0.15) is 0 Å². The van der Waals surface area contributed by atoms with E-state index in [4.69, 9.17) is 13.9 Å². The quantitative estimate of drug-likeness (QED) is 0.666. The fraction of sp³-hybridized carbons (Fsp3) is 0.211. The number of hydrogen-bond acceptors (Lipinski definition) is 6. The van der Waals surface area contributed by atoms with Crippen LogP contribution in [0.4, 0.5) is 6.01 Å². The van der Waals surface area contributed by atoms with Gasteiger partial charge in [-0.15, -0.1) is 5.10 Å². The molecule has 0 aliphatic rings. The van der Waals surface area contributed by atoms with Gasteiger partial charge in [0.15, 0.2) is 0 Å². The van der Waals surface area contributed by atoms with Crippen LogP contribution in [0.1, 0.15) is 13.3 Å². The van der Waals surface area contributed by atoms with Crippen LogP contribution in [0.2, 0.25) is 0 Å². The highest BCUT2D eigenvalue weighted by Gasteiger charge is 2.11. The van der Waals surface area contributed by atoms with Gasteiger partial charge in [-0.1, -0.05) is 23.3 Å². The smallest absolute Gasteiger partial charge is 0.322 e. The lowest BCUT2D eigenvalue weighted by Crippen LogP contribution is -2.15. The highest BCUT2D eigenvalue weighted by Crippen LogP contribution is 2.22. The molecule has 1 heterocycles. The number of amides is 1. The molecule has 0 saturated heterocycles. The number of nitrogens with zero attached hydrogens (tertiary/aromatic N) is 2. The Labute approximate surface area is 151 Å². The van der Waals surface area contributed by atoms with Gasteiger partial charge >= 0.3 is 6.01 Å². The maximum atomic E-state index is 11.9. The van der Waals surface area contributed by atoms with Crippen LogP contribution < -0.4 is 14.8 Å². The van der Waals surface area contributed by atoms with E-state index in [0.29, 0.717) is 12.5 Å². The van der Waals surface area contributed by atoms with Crippen molar-refractivity contribution in [2.75, 3.05) is 18.5 Å². The first-order chi connectivity index (χ1) is 12.7. The van der Waals surface area contributed by atoms with E-state index in [1.165, 1.54) is 0 Å². The second-order valence-corrected chi connectivity index (χ2v) is 5.33. The summed E-state index contributed by atoms with van der Waals surface area (Å²) < 4.78 is 16.3. The molecule has 0 saturated carbocycles. The standard InChI is InChI=1S/C19H19N3O4/c1-2-24-16-10-8-14(9-11-16)18-21-22-19(26-18)20-17(23)12-13-25-15-6-4-3-5-7-15/h3-11H,2,12-13H2,1H3,(H,20,22,23). The second kappa shape index (κ2) is 8.66. The predicted octanol–water partition coefficient (Wildman–Crippen LogP) is 3.54. The number of hydrogen-bond donors (Lipinski definition) is 1. The molecule has 3 rings (SSSR count). The minimum absolute atomic E-state index is 0.0543. The number of carbonyl (C=O) groups excluding carboxylic acids is 1. The van der Waals surface area contributed by atoms with Crippen molar-refractivity contribution in [1.29, 1.82) is 0 Å². The summed E-state index contributed by atoms with van der Waals surface area (Å²) in [5, 5.41) is 10.3. The van der Waals surface area contributed by atoms with E-state index in [0.717, 1.165) is 17.1 Å². The van der Waals surface area contributed by atoms with Crippen molar-refractivity contribution in [2.45, 2.75) is 13.3 Å². The Morgan fingerprint density at radius 2 is 1.73 bits per heavy atom. The first kappa shape index (κ1) is 17.5. The van der Waals surface area contributed by atoms with E-state index in [1.807, 2.05) is 61.5 Å². The van der Waals surface area contributed by atoms with Gasteiger partial charge in [0.05, 0.1) is 19.6 Å². The number of rotatable bonds is 8. The van der Waals surface area contributed by atoms with Gasteiger partial charge in [0, 0.05) is 5.56 Å². The predicted molar refractivity (Wildman–Crippen MR) is 96.1 cm³/mol. The molecule has 0 bridgehead atoms. The van der Waals surface area contributed by atoms with Crippen LogP contribution in [-0.4, -0.2) is 29.3 Å². The van der Waals surface area contributed by atoms with Crippen LogP contribution >= 0.6 is 0 Å². The molecule has 26 heavy (non-hydrogen) atoms. The molecule has 1 N–H and O–H groups in total. The minimum Gasteiger partial charge on any atom is -0.494 e. The van der Waals surface area contributed by atoms with Gasteiger partial charge in [0.2, 0.25) is 11.8 Å². The summed E-state index contributed by atoms with van der Waals surface area (Å²) in [6.07, 6.45) is 0.176. The van der Waals surface area contributed by atoms with Gasteiger partial charge in [-0.25, -0.2) is 0 Å². The Balaban J connectivity index is 1.50. The number of ether oxygens (including phenoxy) is 2. The zero-order valence-corrected chi connectivity index (χ0v) is 14.3. The number of aromatic nitrogens is 2. The Bertz CT molecular complexity index is 832. The van der Waals surface area contributed by atoms with Gasteiger partial charge in [-0.05, 0) is 43.3 Å². The lowest BCUT2D eigenvalue weighted by molar-refractivity contribution is -0.116. The van der Waals surface area contributed by atoms with Gasteiger partial charge < -0.3 is 13.9 Å². The van der Waals surface area contributed by atoms with E-state index >= 15 is 0 Å². The lowest BCUT2D eigenvalue weighted by Gasteiger charge is -2.05. The Hall–Kier alpha value is -3.35. The van der Waals surface area contributed by atoms with Crippen LogP contribution in [0.3, 0.4) is 0 Å². The number of anilines is 1. The molecule has 0 unspecified atom stereocenters. The molecule has 0 atom stereocenters. The summed E-state index contributed by atoms with van der Waals surface area (Å²) in [5.41, 5.74) is 0.744. The summed E-state index contributed by atoms with van der Waals surface area (Å²) in [5.74, 6) is 1.55. The summed E-state index contributed by atoms with van der Waals surface area (Å²) in [6, 6.07) is 16.6. The zero-order valence-electron chi connectivity index (χ0n) is 14.3. The molecular formula is C19H19N3O4. The molecule has 0 aliphatic heterocycles. The van der Waals surface area contributed by atoms with Gasteiger partial charge in [0.1, 0.15) is 11.5 Å². The van der Waals surface area contributed by atoms with Gasteiger partial charge in [0.25, 0.3) is 0 Å². The maximum Gasteiger partial charge on any atom is 0.322 e. The summed E-state index contributed by atoms with van der Waals surface area (Å²) in [4.78, 5) is 11.9. The van der Waals surface area contributed by atoms with E-state index in [-0.39, 0.29) is 24.9 Å². The summed E-state index contributed by atoms with van der Waals surface area (Å²) >= 11 is 0. The third kappa shape index (κ3) is 4.83. The monoisotopic (exact) mass is 353 g/mol. The molecule has 0 aliphatic carbocycles. The molecule has 3 aromatic rings. The van der Waals surface area contributed by atoms with Crippen LogP contribution in [-0.2, 0) is 4.79 Å². The van der Waals surface area contributed by atoms with Gasteiger partial charge in [-0.3, -0.25) is 10.1 Å². The van der Waals surface area contributed by atoms with E-state index in [9.17, 15) is 4.79 Å². The SMILES string of the molecule is CCOc1ccc(-c2nnc(NC(=O)CCOc3ccccc3)o2)cc1. The van der Waals surface area contributed by atoms with Crippen molar-refractivity contribution < 1.29 is 18.7 Å². The molecule has 134 valence electrons. The molecule has 0 spiro atoms. The average Bonchev–Trinajstić information content (AvgIpc) is 3.12. The Kier molecular flexibility index (Phi) is 5.82. The van der Waals surface area contributed by atoms with Crippen LogP contribution in [0.25, 0.3) is 11.5 Å². The summed E-state index contributed by atoms with van der Waals surface area (Å²) in [7, 11) is 0. The Morgan fingerprint density at radius 1 is 1.00 bits per heavy atom. The molecule has 0 radical (unpaired) electrons. The van der Waals surface area contributed by atoms with E-state index < -0.39 is 0 Å². The molecule has 1 amide bonds. The third-order valence-electron chi connectivity index (χ3n) is 3.42. The zero-order chi connectivity index (χ0) is 18.2. The highest BCUT2D eigenvalue weighted by molar-refractivity contribution is 5.88. The number of carbonyl (C=O) groups is 1.